The zero-order valence-corrected chi connectivity index (χ0v) is 19.8. The fourth-order valence-electron chi connectivity index (χ4n) is 5.85. The van der Waals surface area contributed by atoms with Gasteiger partial charge in [0.05, 0.1) is 12.6 Å². The molecule has 0 radical (unpaired) electrons. The number of aromatic nitrogens is 2. The van der Waals surface area contributed by atoms with Gasteiger partial charge in [0, 0.05) is 45.3 Å². The van der Waals surface area contributed by atoms with Crippen molar-refractivity contribution in [3.8, 4) is 0 Å². The molecule has 1 atom stereocenters. The van der Waals surface area contributed by atoms with E-state index < -0.39 is 0 Å². The van der Waals surface area contributed by atoms with Crippen LogP contribution in [-0.2, 0) is 14.3 Å². The third-order valence-corrected chi connectivity index (χ3v) is 8.06. The topological polar surface area (TPSA) is 101 Å². The third kappa shape index (κ3) is 5.40. The quantitative estimate of drug-likeness (QED) is 0.666. The Morgan fingerprint density at radius 2 is 1.91 bits per heavy atom. The van der Waals surface area contributed by atoms with Crippen LogP contribution >= 0.6 is 0 Å². The highest BCUT2D eigenvalue weighted by Crippen LogP contribution is 2.49. The molecule has 4 heterocycles. The van der Waals surface area contributed by atoms with Crippen molar-refractivity contribution < 1.29 is 18.8 Å². The molecule has 1 aromatic rings. The average molecular weight is 460 g/mol. The molecule has 1 aromatic heterocycles. The van der Waals surface area contributed by atoms with Crippen molar-refractivity contribution in [1.82, 2.24) is 25.3 Å². The smallest absolute Gasteiger partial charge is 0.244 e. The lowest BCUT2D eigenvalue weighted by Crippen LogP contribution is -2.45. The molecule has 4 aliphatic rings. The molecule has 1 spiro atoms. The van der Waals surface area contributed by atoms with Crippen molar-refractivity contribution in [3.63, 3.8) is 0 Å². The standard InChI is InChI=1S/C24H37N5O4/c1-17-26-22(33-27-17)20-14-24(7-10-28(11-8-24)23(31)19-2-3-19)16-29(20)15-21(30)25-9-4-18-5-12-32-13-6-18/h18-20H,2-16H2,1H3,(H,25,30). The van der Waals surface area contributed by atoms with E-state index in [0.717, 1.165) is 84.2 Å². The van der Waals surface area contributed by atoms with E-state index in [4.69, 9.17) is 9.26 Å². The molecule has 1 unspecified atom stereocenters. The number of rotatable bonds is 7. The minimum atomic E-state index is -0.0434. The van der Waals surface area contributed by atoms with Crippen LogP contribution in [0.4, 0.5) is 0 Å². The highest BCUT2D eigenvalue weighted by Gasteiger charge is 2.49. The van der Waals surface area contributed by atoms with E-state index in [2.05, 4.69) is 25.3 Å². The summed E-state index contributed by atoms with van der Waals surface area (Å²) in [6, 6.07) is -0.0434. The minimum absolute atomic E-state index is 0.0434. The molecule has 3 saturated heterocycles. The molecule has 1 aliphatic carbocycles. The second-order valence-electron chi connectivity index (χ2n) is 10.6. The van der Waals surface area contributed by atoms with E-state index in [1.807, 2.05) is 6.92 Å². The largest absolute Gasteiger partial charge is 0.381 e. The molecule has 33 heavy (non-hydrogen) atoms. The zero-order valence-electron chi connectivity index (χ0n) is 19.8. The Labute approximate surface area is 195 Å². The number of hydrogen-bond donors (Lipinski definition) is 1. The molecule has 1 N–H and O–H groups in total. The predicted octanol–water partition coefficient (Wildman–Crippen LogP) is 2.08. The number of aryl methyl sites for hydroxylation is 1. The molecule has 182 valence electrons. The second-order valence-corrected chi connectivity index (χ2v) is 10.6. The maximum atomic E-state index is 12.8. The minimum Gasteiger partial charge on any atom is -0.381 e. The molecule has 0 aromatic carbocycles. The molecule has 4 fully saturated rings. The lowest BCUT2D eigenvalue weighted by atomic mass is 9.76. The van der Waals surface area contributed by atoms with Gasteiger partial charge < -0.3 is 19.5 Å². The molecule has 9 heteroatoms. The van der Waals surface area contributed by atoms with Crippen LogP contribution in [0.2, 0.25) is 0 Å². The molecular formula is C24H37N5O4. The Morgan fingerprint density at radius 1 is 1.15 bits per heavy atom. The van der Waals surface area contributed by atoms with Crippen molar-refractivity contribution in [2.24, 2.45) is 17.3 Å². The van der Waals surface area contributed by atoms with Crippen molar-refractivity contribution >= 4 is 11.8 Å². The number of nitrogens with one attached hydrogen (secondary N) is 1. The van der Waals surface area contributed by atoms with Gasteiger partial charge in [0.1, 0.15) is 0 Å². The summed E-state index contributed by atoms with van der Waals surface area (Å²) in [6.45, 7) is 7.02. The van der Waals surface area contributed by atoms with Crippen molar-refractivity contribution in [2.75, 3.05) is 45.9 Å². The van der Waals surface area contributed by atoms with Gasteiger partial charge in [-0.3, -0.25) is 14.5 Å². The Hall–Kier alpha value is -2.00. The number of nitrogens with zero attached hydrogens (tertiary/aromatic N) is 4. The van der Waals surface area contributed by atoms with Gasteiger partial charge in [0.2, 0.25) is 17.7 Å². The second kappa shape index (κ2) is 9.70. The van der Waals surface area contributed by atoms with Gasteiger partial charge in [-0.15, -0.1) is 0 Å². The summed E-state index contributed by atoms with van der Waals surface area (Å²) in [5.41, 5.74) is 0.0930. The molecular weight excluding hydrogens is 422 g/mol. The summed E-state index contributed by atoms with van der Waals surface area (Å²) < 4.78 is 11.0. The first-order valence-corrected chi connectivity index (χ1v) is 12.7. The maximum Gasteiger partial charge on any atom is 0.244 e. The number of carbonyl (C=O) groups excluding carboxylic acids is 2. The van der Waals surface area contributed by atoms with Crippen LogP contribution in [0.3, 0.4) is 0 Å². The molecule has 5 rings (SSSR count). The summed E-state index contributed by atoms with van der Waals surface area (Å²) >= 11 is 0. The summed E-state index contributed by atoms with van der Waals surface area (Å²) in [6.07, 6.45) is 8.12. The first kappa shape index (κ1) is 22.8. The van der Waals surface area contributed by atoms with Crippen LogP contribution in [0.15, 0.2) is 4.52 Å². The van der Waals surface area contributed by atoms with Crippen LogP contribution in [0, 0.1) is 24.2 Å². The van der Waals surface area contributed by atoms with E-state index in [-0.39, 0.29) is 23.3 Å². The number of hydrogen-bond acceptors (Lipinski definition) is 7. The number of ether oxygens (including phenoxy) is 1. The van der Waals surface area contributed by atoms with E-state index in [1.165, 1.54) is 0 Å². The lowest BCUT2D eigenvalue weighted by molar-refractivity contribution is -0.134. The fourth-order valence-corrected chi connectivity index (χ4v) is 5.85. The molecule has 3 aliphatic heterocycles. The zero-order chi connectivity index (χ0) is 22.8. The summed E-state index contributed by atoms with van der Waals surface area (Å²) in [4.78, 5) is 34.1. The Bertz CT molecular complexity index is 840. The number of likely N-dealkylation sites (tertiary alicyclic amines) is 2. The van der Waals surface area contributed by atoms with E-state index in [1.54, 1.807) is 0 Å². The van der Waals surface area contributed by atoms with Crippen molar-refractivity contribution in [2.45, 2.75) is 64.3 Å². The fraction of sp³-hybridized carbons (Fsp3) is 0.833. The van der Waals surface area contributed by atoms with Crippen molar-refractivity contribution in [1.29, 1.82) is 0 Å². The number of amides is 2. The monoisotopic (exact) mass is 459 g/mol. The molecule has 0 bridgehead atoms. The van der Waals surface area contributed by atoms with Gasteiger partial charge >= 0.3 is 0 Å². The van der Waals surface area contributed by atoms with Crippen LogP contribution in [0.5, 0.6) is 0 Å². The Kier molecular flexibility index (Phi) is 6.69. The normalized spacial score (nSPS) is 26.1. The average Bonchev–Trinajstić information content (AvgIpc) is 3.50. The highest BCUT2D eigenvalue weighted by atomic mass is 16.5. The predicted molar refractivity (Wildman–Crippen MR) is 120 cm³/mol. The summed E-state index contributed by atoms with van der Waals surface area (Å²) in [5, 5.41) is 7.12. The van der Waals surface area contributed by atoms with E-state index >= 15 is 0 Å². The first-order chi connectivity index (χ1) is 16.0. The molecule has 1 saturated carbocycles. The van der Waals surface area contributed by atoms with Gasteiger partial charge in [-0.25, -0.2) is 0 Å². The van der Waals surface area contributed by atoms with E-state index in [0.29, 0.717) is 36.6 Å². The number of carbonyl (C=O) groups is 2. The summed E-state index contributed by atoms with van der Waals surface area (Å²) in [5.74, 6) is 2.55. The van der Waals surface area contributed by atoms with Gasteiger partial charge in [0.15, 0.2) is 5.82 Å². The Morgan fingerprint density at radius 3 is 2.58 bits per heavy atom. The Balaban J connectivity index is 1.18. The van der Waals surface area contributed by atoms with Gasteiger partial charge in [-0.1, -0.05) is 5.16 Å². The van der Waals surface area contributed by atoms with Crippen molar-refractivity contribution in [3.05, 3.63) is 11.7 Å². The maximum absolute atomic E-state index is 12.8. The third-order valence-electron chi connectivity index (χ3n) is 8.06. The SMILES string of the molecule is Cc1noc(C2CC3(CCN(C(=O)C4CC4)CC3)CN2CC(=O)NCCC2CCOCC2)n1. The van der Waals surface area contributed by atoms with Crippen LogP contribution in [0.25, 0.3) is 0 Å². The van der Waals surface area contributed by atoms with Crippen LogP contribution in [0.1, 0.15) is 69.1 Å². The highest BCUT2D eigenvalue weighted by molar-refractivity contribution is 5.81. The van der Waals surface area contributed by atoms with Crippen LogP contribution < -0.4 is 5.32 Å². The van der Waals surface area contributed by atoms with Crippen LogP contribution in [-0.4, -0.2) is 77.7 Å². The molecule has 2 amide bonds. The van der Waals surface area contributed by atoms with Gasteiger partial charge in [0.25, 0.3) is 0 Å². The number of piperidine rings is 1. The van der Waals surface area contributed by atoms with Gasteiger partial charge in [-0.2, -0.15) is 4.98 Å². The van der Waals surface area contributed by atoms with Gasteiger partial charge in [-0.05, 0) is 69.6 Å². The van der Waals surface area contributed by atoms with E-state index in [9.17, 15) is 9.59 Å². The molecule has 9 nitrogen and oxygen atoms in total. The first-order valence-electron chi connectivity index (χ1n) is 12.7. The summed E-state index contributed by atoms with van der Waals surface area (Å²) in [7, 11) is 0. The lowest BCUT2D eigenvalue weighted by Gasteiger charge is -2.39.